The molecule has 1 amide bonds. The molecule has 0 aromatic carbocycles. The van der Waals surface area contributed by atoms with Crippen LogP contribution in [0.4, 0.5) is 5.00 Å². The van der Waals surface area contributed by atoms with Crippen LogP contribution in [-0.4, -0.2) is 25.0 Å². The molecule has 20 heavy (non-hydrogen) atoms. The van der Waals surface area contributed by atoms with Crippen molar-refractivity contribution in [1.82, 2.24) is 0 Å². The molecule has 5 nitrogen and oxygen atoms in total. The smallest absolute Gasteiger partial charge is 0.341 e. The van der Waals surface area contributed by atoms with Crippen molar-refractivity contribution < 1.29 is 14.3 Å². The van der Waals surface area contributed by atoms with Crippen molar-refractivity contribution in [3.63, 3.8) is 0 Å². The number of rotatable bonds is 5. The molecule has 3 N–H and O–H groups in total. The minimum absolute atomic E-state index is 0.183. The SMILES string of the molecule is COC(=O)c1c(NC(=O)CC(N)C(C)C)sc(C)c1C. The monoisotopic (exact) mass is 298 g/mol. The van der Waals surface area contributed by atoms with Crippen LogP contribution in [-0.2, 0) is 9.53 Å². The molecule has 1 atom stereocenters. The predicted molar refractivity (Wildman–Crippen MR) is 81.2 cm³/mol. The van der Waals surface area contributed by atoms with Crippen LogP contribution in [0.5, 0.6) is 0 Å². The summed E-state index contributed by atoms with van der Waals surface area (Å²) in [7, 11) is 1.33. The van der Waals surface area contributed by atoms with Gasteiger partial charge in [-0.15, -0.1) is 11.3 Å². The van der Waals surface area contributed by atoms with E-state index in [0.29, 0.717) is 10.6 Å². The average Bonchev–Trinajstić information content (AvgIpc) is 2.63. The van der Waals surface area contributed by atoms with E-state index in [1.807, 2.05) is 27.7 Å². The molecule has 0 fully saturated rings. The number of carbonyl (C=O) groups excluding carboxylic acids is 2. The highest BCUT2D eigenvalue weighted by molar-refractivity contribution is 7.16. The van der Waals surface area contributed by atoms with Gasteiger partial charge in [0.1, 0.15) is 5.00 Å². The van der Waals surface area contributed by atoms with Gasteiger partial charge in [-0.3, -0.25) is 4.79 Å². The summed E-state index contributed by atoms with van der Waals surface area (Å²) in [5.74, 6) is -0.388. The second kappa shape index (κ2) is 6.85. The Morgan fingerprint density at radius 3 is 2.45 bits per heavy atom. The highest BCUT2D eigenvalue weighted by atomic mass is 32.1. The molecule has 0 saturated carbocycles. The lowest BCUT2D eigenvalue weighted by atomic mass is 10.0. The lowest BCUT2D eigenvalue weighted by Crippen LogP contribution is -2.31. The minimum Gasteiger partial charge on any atom is -0.465 e. The number of hydrogen-bond donors (Lipinski definition) is 2. The van der Waals surface area contributed by atoms with Crippen LogP contribution >= 0.6 is 11.3 Å². The predicted octanol–water partition coefficient (Wildman–Crippen LogP) is 2.46. The molecule has 1 rings (SSSR count). The van der Waals surface area contributed by atoms with Gasteiger partial charge in [-0.05, 0) is 25.3 Å². The van der Waals surface area contributed by atoms with E-state index in [4.69, 9.17) is 10.5 Å². The zero-order chi connectivity index (χ0) is 15.4. The number of hydrogen-bond acceptors (Lipinski definition) is 5. The number of methoxy groups -OCH3 is 1. The van der Waals surface area contributed by atoms with Gasteiger partial charge in [-0.25, -0.2) is 4.79 Å². The fourth-order valence-corrected chi connectivity index (χ4v) is 2.75. The van der Waals surface area contributed by atoms with Crippen molar-refractivity contribution in [2.45, 2.75) is 40.2 Å². The third kappa shape index (κ3) is 3.80. The van der Waals surface area contributed by atoms with Gasteiger partial charge in [0, 0.05) is 17.3 Å². The summed E-state index contributed by atoms with van der Waals surface area (Å²) in [6.07, 6.45) is 0.230. The molecule has 0 aliphatic rings. The van der Waals surface area contributed by atoms with Crippen LogP contribution in [0.25, 0.3) is 0 Å². The average molecular weight is 298 g/mol. The van der Waals surface area contributed by atoms with E-state index in [9.17, 15) is 9.59 Å². The fourth-order valence-electron chi connectivity index (χ4n) is 1.69. The Morgan fingerprint density at radius 1 is 1.35 bits per heavy atom. The summed E-state index contributed by atoms with van der Waals surface area (Å²) >= 11 is 1.37. The van der Waals surface area contributed by atoms with Gasteiger partial charge in [-0.2, -0.15) is 0 Å². The third-order valence-electron chi connectivity index (χ3n) is 3.31. The first-order valence-corrected chi connectivity index (χ1v) is 7.33. The maximum atomic E-state index is 12.0. The molecule has 0 spiro atoms. The Hall–Kier alpha value is -1.40. The number of amides is 1. The van der Waals surface area contributed by atoms with E-state index in [2.05, 4.69) is 5.32 Å². The lowest BCUT2D eigenvalue weighted by molar-refractivity contribution is -0.116. The van der Waals surface area contributed by atoms with Gasteiger partial charge in [0.05, 0.1) is 12.7 Å². The van der Waals surface area contributed by atoms with Crippen molar-refractivity contribution in [3.05, 3.63) is 16.0 Å². The Bertz CT molecular complexity index is 509. The van der Waals surface area contributed by atoms with Crippen LogP contribution < -0.4 is 11.1 Å². The summed E-state index contributed by atoms with van der Waals surface area (Å²) in [5.41, 5.74) is 7.15. The van der Waals surface area contributed by atoms with Crippen LogP contribution in [0.15, 0.2) is 0 Å². The number of anilines is 1. The van der Waals surface area contributed by atoms with Gasteiger partial charge >= 0.3 is 5.97 Å². The Morgan fingerprint density at radius 2 is 1.95 bits per heavy atom. The van der Waals surface area contributed by atoms with Crippen molar-refractivity contribution >= 4 is 28.2 Å². The van der Waals surface area contributed by atoms with Crippen LogP contribution in [0.1, 0.15) is 41.1 Å². The molecule has 1 aromatic rings. The first-order valence-electron chi connectivity index (χ1n) is 6.51. The maximum Gasteiger partial charge on any atom is 0.341 e. The normalized spacial score (nSPS) is 12.3. The van der Waals surface area contributed by atoms with Crippen molar-refractivity contribution in [3.8, 4) is 0 Å². The number of nitrogens with two attached hydrogens (primary N) is 1. The van der Waals surface area contributed by atoms with Gasteiger partial charge in [0.2, 0.25) is 5.91 Å². The van der Waals surface area contributed by atoms with Crippen LogP contribution in [0.2, 0.25) is 0 Å². The molecular weight excluding hydrogens is 276 g/mol. The summed E-state index contributed by atoms with van der Waals surface area (Å²) in [5, 5.41) is 3.31. The number of thiophene rings is 1. The standard InChI is InChI=1S/C14H22N2O3S/c1-7(2)10(15)6-11(17)16-13-12(14(18)19-5)8(3)9(4)20-13/h7,10H,6,15H2,1-5H3,(H,16,17). The third-order valence-corrected chi connectivity index (χ3v) is 4.43. The molecule has 0 saturated heterocycles. The van der Waals surface area contributed by atoms with E-state index < -0.39 is 5.97 Å². The first-order chi connectivity index (χ1) is 9.27. The minimum atomic E-state index is -0.435. The summed E-state index contributed by atoms with van der Waals surface area (Å²) in [6, 6.07) is -0.196. The van der Waals surface area contributed by atoms with Gasteiger partial charge in [0.15, 0.2) is 0 Å². The highest BCUT2D eigenvalue weighted by Crippen LogP contribution is 2.33. The number of nitrogens with one attached hydrogen (secondary N) is 1. The molecule has 6 heteroatoms. The zero-order valence-electron chi connectivity index (χ0n) is 12.6. The Balaban J connectivity index is 2.90. The lowest BCUT2D eigenvalue weighted by Gasteiger charge is -2.14. The molecule has 0 aliphatic heterocycles. The topological polar surface area (TPSA) is 81.4 Å². The van der Waals surface area contributed by atoms with Crippen molar-refractivity contribution in [2.75, 3.05) is 12.4 Å². The molecule has 112 valence electrons. The highest BCUT2D eigenvalue weighted by Gasteiger charge is 2.22. The van der Waals surface area contributed by atoms with E-state index >= 15 is 0 Å². The maximum absolute atomic E-state index is 12.0. The summed E-state index contributed by atoms with van der Waals surface area (Å²) in [6.45, 7) is 7.68. The van der Waals surface area contributed by atoms with Crippen molar-refractivity contribution in [1.29, 1.82) is 0 Å². The molecule has 0 bridgehead atoms. The van der Waals surface area contributed by atoms with Crippen molar-refractivity contribution in [2.24, 2.45) is 11.7 Å². The number of esters is 1. The van der Waals surface area contributed by atoms with E-state index in [0.717, 1.165) is 10.4 Å². The van der Waals surface area contributed by atoms with E-state index in [1.54, 1.807) is 0 Å². The fraction of sp³-hybridized carbons (Fsp3) is 0.571. The second-order valence-corrected chi connectivity index (χ2v) is 6.36. The molecule has 1 aromatic heterocycles. The van der Waals surface area contributed by atoms with Gasteiger partial charge < -0.3 is 15.8 Å². The number of carbonyl (C=O) groups is 2. The molecule has 0 aliphatic carbocycles. The summed E-state index contributed by atoms with van der Waals surface area (Å²) in [4.78, 5) is 24.7. The Kier molecular flexibility index (Phi) is 5.71. The molecule has 0 radical (unpaired) electrons. The first kappa shape index (κ1) is 16.7. The van der Waals surface area contributed by atoms with Gasteiger partial charge in [-0.1, -0.05) is 13.8 Å². The van der Waals surface area contributed by atoms with Crippen LogP contribution in [0, 0.1) is 19.8 Å². The second-order valence-electron chi connectivity index (χ2n) is 5.14. The van der Waals surface area contributed by atoms with E-state index in [1.165, 1.54) is 18.4 Å². The van der Waals surface area contributed by atoms with Crippen LogP contribution in [0.3, 0.4) is 0 Å². The molecular formula is C14H22N2O3S. The zero-order valence-corrected chi connectivity index (χ0v) is 13.4. The largest absolute Gasteiger partial charge is 0.465 e. The molecule has 1 heterocycles. The molecule has 1 unspecified atom stereocenters. The van der Waals surface area contributed by atoms with Gasteiger partial charge in [0.25, 0.3) is 0 Å². The van der Waals surface area contributed by atoms with E-state index in [-0.39, 0.29) is 24.3 Å². The number of aryl methyl sites for hydroxylation is 1. The Labute approximate surface area is 123 Å². The quantitative estimate of drug-likeness (QED) is 0.818. The number of ether oxygens (including phenoxy) is 1. The summed E-state index contributed by atoms with van der Waals surface area (Å²) < 4.78 is 4.76.